The molecule has 0 spiro atoms. The lowest BCUT2D eigenvalue weighted by Crippen LogP contribution is -1.96. The Hall–Kier alpha value is -0.800. The van der Waals surface area contributed by atoms with Crippen LogP contribution in [-0.4, -0.2) is 27.9 Å². The third-order valence-electron chi connectivity index (χ3n) is 2.42. The minimum Gasteiger partial charge on any atom is -0.497 e. The van der Waals surface area contributed by atoms with Crippen molar-refractivity contribution in [1.82, 2.24) is 0 Å². The predicted molar refractivity (Wildman–Crippen MR) is 72.0 cm³/mol. The number of benzene rings is 1. The van der Waals surface area contributed by atoms with E-state index in [0.717, 1.165) is 12.3 Å². The molecule has 0 atom stereocenters. The van der Waals surface area contributed by atoms with Gasteiger partial charge in [-0.2, -0.15) is 12.6 Å². The van der Waals surface area contributed by atoms with Gasteiger partial charge in [-0.15, -0.1) is 0 Å². The molecule has 1 aromatic rings. The Morgan fingerprint density at radius 1 is 1.18 bits per heavy atom. The Morgan fingerprint density at radius 2 is 1.71 bits per heavy atom. The summed E-state index contributed by atoms with van der Waals surface area (Å²) in [6, 6.07) is 6.32. The first-order chi connectivity index (χ1) is 8.03. The van der Waals surface area contributed by atoms with Gasteiger partial charge in [0, 0.05) is 0 Å². The topological polar surface area (TPSA) is 55.7 Å². The Morgan fingerprint density at radius 3 is 2.12 bits per heavy atom. The molecule has 1 rings (SSSR count). The van der Waals surface area contributed by atoms with Gasteiger partial charge in [0.1, 0.15) is 5.75 Å². The fourth-order valence-corrected chi connectivity index (χ4v) is 5.14. The molecule has 0 aliphatic carbocycles. The zero-order valence-electron chi connectivity index (χ0n) is 10.3. The van der Waals surface area contributed by atoms with Gasteiger partial charge >= 0.3 is 0 Å². The first-order valence-corrected chi connectivity index (χ1v) is 8.80. The van der Waals surface area contributed by atoms with Crippen molar-refractivity contribution in [2.75, 3.05) is 19.4 Å². The largest absolute Gasteiger partial charge is 0.497 e. The maximum atomic E-state index is 12.0. The first-order valence-electron chi connectivity index (χ1n) is 5.50. The van der Waals surface area contributed by atoms with Crippen molar-refractivity contribution in [3.8, 4) is 5.75 Å². The minimum absolute atomic E-state index is 0.239. The van der Waals surface area contributed by atoms with Crippen molar-refractivity contribution >= 4 is 17.7 Å². The highest BCUT2D eigenvalue weighted by Gasteiger charge is 2.12. The maximum Gasteiger partial charge on any atom is 0.280 e. The van der Waals surface area contributed by atoms with Crippen LogP contribution in [0.3, 0.4) is 0 Å². The van der Waals surface area contributed by atoms with Gasteiger partial charge in [-0.3, -0.25) is 0 Å². The van der Waals surface area contributed by atoms with Crippen LogP contribution in [0.2, 0.25) is 0 Å². The summed E-state index contributed by atoms with van der Waals surface area (Å²) < 4.78 is 32.9. The number of methoxy groups -OCH3 is 1. The smallest absolute Gasteiger partial charge is 0.280 e. The maximum absolute atomic E-state index is 12.0. The van der Waals surface area contributed by atoms with Crippen LogP contribution in [0.15, 0.2) is 33.3 Å². The average Bonchev–Trinajstić information content (AvgIpc) is 2.36. The summed E-state index contributed by atoms with van der Waals surface area (Å²) in [5, 5.41) is 0. The quantitative estimate of drug-likeness (QED) is 0.776. The Balaban J connectivity index is 3.09. The van der Waals surface area contributed by atoms with E-state index in [1.54, 1.807) is 19.2 Å². The van der Waals surface area contributed by atoms with Crippen LogP contribution in [0.1, 0.15) is 13.8 Å². The predicted octanol–water partition coefficient (Wildman–Crippen LogP) is 2.82. The number of hydrogen-bond donors (Lipinski definition) is 0. The van der Waals surface area contributed by atoms with Crippen molar-refractivity contribution in [2.45, 2.75) is 18.7 Å². The number of rotatable bonds is 5. The summed E-state index contributed by atoms with van der Waals surface area (Å²) in [6.45, 7) is 3.95. The van der Waals surface area contributed by atoms with Crippen LogP contribution in [0.5, 0.6) is 5.75 Å². The Kier molecular flexibility index (Phi) is 5.22. The number of sulfonamides is 1. The Labute approximate surface area is 104 Å². The lowest BCUT2D eigenvalue weighted by Gasteiger charge is -2.04. The standard InChI is InChI=1S/C11H18NO3PS/c1-4-16(5-2)12-17(13,14)11-8-6-10(15-3)7-9-11/h6-9,16H,4-5H2,1-3H3. The van der Waals surface area contributed by atoms with Crippen LogP contribution in [-0.2, 0) is 10.0 Å². The Bertz CT molecular complexity index is 488. The SMILES string of the molecule is CC[PH](CC)=NS(=O)(=O)c1ccc(OC)cc1. The molecule has 0 fully saturated rings. The van der Waals surface area contributed by atoms with Crippen molar-refractivity contribution in [3.63, 3.8) is 0 Å². The fourth-order valence-electron chi connectivity index (χ4n) is 1.35. The van der Waals surface area contributed by atoms with E-state index in [2.05, 4.69) is 4.15 Å². The van der Waals surface area contributed by atoms with Crippen LogP contribution < -0.4 is 4.74 Å². The molecule has 0 bridgehead atoms. The highest BCUT2D eigenvalue weighted by Crippen LogP contribution is 2.29. The van der Waals surface area contributed by atoms with E-state index < -0.39 is 17.7 Å². The molecular weight excluding hydrogens is 257 g/mol. The van der Waals surface area contributed by atoms with Gasteiger partial charge in [0.15, 0.2) is 0 Å². The van der Waals surface area contributed by atoms with Gasteiger partial charge in [-0.1, -0.05) is 13.8 Å². The third kappa shape index (κ3) is 3.86. The second kappa shape index (κ2) is 6.22. The second-order valence-electron chi connectivity index (χ2n) is 3.52. The van der Waals surface area contributed by atoms with Gasteiger partial charge in [-0.25, -0.2) is 0 Å². The summed E-state index contributed by atoms with van der Waals surface area (Å²) in [5.74, 6) is 0.639. The summed E-state index contributed by atoms with van der Waals surface area (Å²) in [6.07, 6.45) is 1.66. The lowest BCUT2D eigenvalue weighted by molar-refractivity contribution is 0.414. The summed E-state index contributed by atoms with van der Waals surface area (Å²) in [7, 11) is -3.09. The normalized spacial score (nSPS) is 11.5. The van der Waals surface area contributed by atoms with E-state index in [4.69, 9.17) is 4.74 Å². The molecule has 0 radical (unpaired) electrons. The van der Waals surface area contributed by atoms with Crippen LogP contribution in [0.25, 0.3) is 0 Å². The van der Waals surface area contributed by atoms with Crippen LogP contribution in [0, 0.1) is 0 Å². The van der Waals surface area contributed by atoms with Crippen molar-refractivity contribution in [1.29, 1.82) is 0 Å². The molecule has 0 saturated carbocycles. The van der Waals surface area contributed by atoms with E-state index in [0.29, 0.717) is 5.75 Å². The van der Waals surface area contributed by atoms with Crippen LogP contribution >= 0.6 is 7.71 Å². The first kappa shape index (κ1) is 14.3. The molecule has 6 heteroatoms. The molecule has 4 nitrogen and oxygen atoms in total. The van der Waals surface area contributed by atoms with Crippen molar-refractivity contribution in [2.24, 2.45) is 4.15 Å². The molecule has 17 heavy (non-hydrogen) atoms. The molecule has 1 aromatic carbocycles. The zero-order valence-corrected chi connectivity index (χ0v) is 12.1. The highest BCUT2D eigenvalue weighted by atomic mass is 32.2. The van der Waals surface area contributed by atoms with Crippen molar-refractivity contribution < 1.29 is 13.2 Å². The van der Waals surface area contributed by atoms with Crippen molar-refractivity contribution in [3.05, 3.63) is 24.3 Å². The summed E-state index contributed by atoms with van der Waals surface area (Å²) in [4.78, 5) is 0.239. The van der Waals surface area contributed by atoms with E-state index in [-0.39, 0.29) is 4.90 Å². The highest BCUT2D eigenvalue weighted by molar-refractivity contribution is 7.92. The molecule has 0 aliphatic heterocycles. The summed E-state index contributed by atoms with van der Waals surface area (Å²) in [5.41, 5.74) is 0. The molecule has 96 valence electrons. The van der Waals surface area contributed by atoms with E-state index in [1.165, 1.54) is 12.1 Å². The number of hydrogen-bond acceptors (Lipinski definition) is 3. The monoisotopic (exact) mass is 275 g/mol. The van der Waals surface area contributed by atoms with E-state index in [9.17, 15) is 8.42 Å². The summed E-state index contributed by atoms with van der Waals surface area (Å²) >= 11 is 0. The van der Waals surface area contributed by atoms with Gasteiger partial charge in [0.05, 0.1) is 12.0 Å². The molecule has 0 amide bonds. The van der Waals surface area contributed by atoms with Crippen LogP contribution in [0.4, 0.5) is 0 Å². The molecular formula is C11H18NO3PS. The number of nitrogens with zero attached hydrogens (tertiary/aromatic N) is 1. The zero-order chi connectivity index (χ0) is 12.9. The van der Waals surface area contributed by atoms with E-state index in [1.807, 2.05) is 13.8 Å². The lowest BCUT2D eigenvalue weighted by atomic mass is 10.3. The molecule has 0 heterocycles. The fraction of sp³-hybridized carbons (Fsp3) is 0.455. The average molecular weight is 275 g/mol. The van der Waals surface area contributed by atoms with E-state index >= 15 is 0 Å². The van der Waals surface area contributed by atoms with Gasteiger partial charge in [0.2, 0.25) is 0 Å². The molecule has 0 N–H and O–H groups in total. The molecule has 0 unspecified atom stereocenters. The molecule has 0 saturated heterocycles. The van der Waals surface area contributed by atoms with Gasteiger partial charge in [-0.05, 0) is 44.3 Å². The minimum atomic E-state index is -3.49. The molecule has 0 aromatic heterocycles. The van der Waals surface area contributed by atoms with Gasteiger partial charge in [0.25, 0.3) is 10.0 Å². The molecule has 0 aliphatic rings. The second-order valence-corrected chi connectivity index (χ2v) is 8.21. The third-order valence-corrected chi connectivity index (χ3v) is 6.92. The van der Waals surface area contributed by atoms with Gasteiger partial charge < -0.3 is 4.74 Å². The number of ether oxygens (including phenoxy) is 1.